The number of carbonyl (C=O) groups excluding carboxylic acids is 3. The van der Waals surface area contributed by atoms with Gasteiger partial charge in [0.1, 0.15) is 6.61 Å². The molecule has 3 amide bonds. The minimum Gasteiger partial charge on any atom is -0.449 e. The number of halogens is 3. The van der Waals surface area contributed by atoms with Crippen LogP contribution in [0.15, 0.2) is 24.3 Å². The molecule has 0 aliphatic carbocycles. The van der Waals surface area contributed by atoms with E-state index in [1.54, 1.807) is 13.8 Å². The Morgan fingerprint density at radius 2 is 1.67 bits per heavy atom. The average molecular weight is 390 g/mol. The van der Waals surface area contributed by atoms with Gasteiger partial charge in [-0.05, 0) is 38.5 Å². The van der Waals surface area contributed by atoms with E-state index in [0.717, 1.165) is 0 Å². The maximum absolute atomic E-state index is 12.0. The van der Waals surface area contributed by atoms with E-state index in [0.29, 0.717) is 5.56 Å². The van der Waals surface area contributed by atoms with Gasteiger partial charge in [-0.3, -0.25) is 10.1 Å². The molecule has 10 heteroatoms. The molecule has 0 fully saturated rings. The van der Waals surface area contributed by atoms with Gasteiger partial charge in [0.25, 0.3) is 5.91 Å². The molecule has 0 saturated carbocycles. The Morgan fingerprint density at radius 1 is 1.07 bits per heavy atom. The fourth-order valence-electron chi connectivity index (χ4n) is 1.82. The van der Waals surface area contributed by atoms with Crippen molar-refractivity contribution in [1.29, 1.82) is 0 Å². The molecule has 7 nitrogen and oxygen atoms in total. The Bertz CT molecular complexity index is 660. The average Bonchev–Trinajstić information content (AvgIpc) is 2.53. The van der Waals surface area contributed by atoms with Gasteiger partial charge in [0.15, 0.2) is 6.10 Å². The van der Waals surface area contributed by atoms with Crippen LogP contribution in [0.1, 0.15) is 36.7 Å². The Hall–Kier alpha value is -2.62. The van der Waals surface area contributed by atoms with E-state index >= 15 is 0 Å². The van der Waals surface area contributed by atoms with Crippen molar-refractivity contribution in [2.75, 3.05) is 6.61 Å². The number of ether oxygens (including phenoxy) is 2. The molecule has 0 aromatic heterocycles. The van der Waals surface area contributed by atoms with Gasteiger partial charge in [0, 0.05) is 6.04 Å². The van der Waals surface area contributed by atoms with Crippen molar-refractivity contribution >= 4 is 17.9 Å². The molecule has 150 valence electrons. The van der Waals surface area contributed by atoms with E-state index in [-0.39, 0.29) is 18.2 Å². The van der Waals surface area contributed by atoms with Crippen molar-refractivity contribution in [3.05, 3.63) is 35.4 Å². The number of urea groups is 1. The molecule has 2 N–H and O–H groups in total. The summed E-state index contributed by atoms with van der Waals surface area (Å²) in [6.07, 6.45) is -5.63. The van der Waals surface area contributed by atoms with Crippen LogP contribution in [0, 0.1) is 0 Å². The van der Waals surface area contributed by atoms with E-state index in [2.05, 4.69) is 10.1 Å². The lowest BCUT2D eigenvalue weighted by Gasteiger charge is -2.14. The second kappa shape index (κ2) is 9.91. The smallest absolute Gasteiger partial charge is 0.411 e. The number of nitrogens with one attached hydrogen (secondary N) is 2. The number of imide groups is 1. The predicted octanol–water partition coefficient (Wildman–Crippen LogP) is 2.55. The number of hydrogen-bond donors (Lipinski definition) is 2. The third-order valence-corrected chi connectivity index (χ3v) is 3.03. The monoisotopic (exact) mass is 390 g/mol. The first-order chi connectivity index (χ1) is 12.5. The third kappa shape index (κ3) is 9.04. The fourth-order valence-corrected chi connectivity index (χ4v) is 1.82. The highest BCUT2D eigenvalue weighted by molar-refractivity contribution is 5.98. The Kier molecular flexibility index (Phi) is 8.23. The highest BCUT2D eigenvalue weighted by atomic mass is 19.4. The van der Waals surface area contributed by atoms with E-state index < -0.39 is 36.8 Å². The van der Waals surface area contributed by atoms with Gasteiger partial charge in [0.05, 0.1) is 12.2 Å². The molecule has 1 atom stereocenters. The topological polar surface area (TPSA) is 93.7 Å². The van der Waals surface area contributed by atoms with Crippen LogP contribution in [0.25, 0.3) is 0 Å². The largest absolute Gasteiger partial charge is 0.449 e. The van der Waals surface area contributed by atoms with Gasteiger partial charge in [0.2, 0.25) is 0 Å². The lowest BCUT2D eigenvalue weighted by molar-refractivity contribution is -0.176. The van der Waals surface area contributed by atoms with Crippen LogP contribution in [-0.4, -0.2) is 42.8 Å². The summed E-state index contributed by atoms with van der Waals surface area (Å²) in [6.45, 7) is 3.10. The number of carbonyl (C=O) groups is 3. The Morgan fingerprint density at radius 3 is 2.19 bits per heavy atom. The summed E-state index contributed by atoms with van der Waals surface area (Å²) in [5, 5.41) is 4.49. The van der Waals surface area contributed by atoms with E-state index in [4.69, 9.17) is 4.74 Å². The molecule has 1 rings (SSSR count). The number of amides is 3. The van der Waals surface area contributed by atoms with Crippen LogP contribution in [-0.2, 0) is 20.9 Å². The summed E-state index contributed by atoms with van der Waals surface area (Å²) in [7, 11) is 0. The van der Waals surface area contributed by atoms with Gasteiger partial charge in [-0.2, -0.15) is 13.2 Å². The molecule has 1 unspecified atom stereocenters. The summed E-state index contributed by atoms with van der Waals surface area (Å²) in [5.41, 5.74) is 0.535. The molecule has 0 radical (unpaired) electrons. The van der Waals surface area contributed by atoms with Crippen LogP contribution >= 0.6 is 0 Å². The molecule has 0 spiro atoms. The molecular formula is C17H21F3N2O5. The zero-order valence-corrected chi connectivity index (χ0v) is 15.1. The highest BCUT2D eigenvalue weighted by Gasteiger charge is 2.27. The number of esters is 1. The summed E-state index contributed by atoms with van der Waals surface area (Å²) >= 11 is 0. The van der Waals surface area contributed by atoms with Crippen LogP contribution in [0.2, 0.25) is 0 Å². The van der Waals surface area contributed by atoms with Crippen molar-refractivity contribution < 1.29 is 37.0 Å². The van der Waals surface area contributed by atoms with Crippen molar-refractivity contribution in [2.24, 2.45) is 0 Å². The van der Waals surface area contributed by atoms with Crippen LogP contribution in [0.4, 0.5) is 18.0 Å². The van der Waals surface area contributed by atoms with Gasteiger partial charge in [-0.15, -0.1) is 0 Å². The normalized spacial score (nSPS) is 12.4. The first kappa shape index (κ1) is 22.4. The maximum atomic E-state index is 12.0. The van der Waals surface area contributed by atoms with Gasteiger partial charge in [-0.25, -0.2) is 9.59 Å². The summed E-state index contributed by atoms with van der Waals surface area (Å²) in [5.74, 6) is -1.61. The molecule has 27 heavy (non-hydrogen) atoms. The summed E-state index contributed by atoms with van der Waals surface area (Å²) in [4.78, 5) is 35.2. The van der Waals surface area contributed by atoms with Crippen molar-refractivity contribution in [1.82, 2.24) is 10.6 Å². The fraction of sp³-hybridized carbons (Fsp3) is 0.471. The van der Waals surface area contributed by atoms with E-state index in [1.807, 2.05) is 5.32 Å². The lowest BCUT2D eigenvalue weighted by Crippen LogP contribution is -2.46. The van der Waals surface area contributed by atoms with Crippen molar-refractivity contribution in [3.8, 4) is 0 Å². The van der Waals surface area contributed by atoms with Gasteiger partial charge in [-0.1, -0.05) is 12.1 Å². The molecule has 0 saturated heterocycles. The zero-order valence-electron chi connectivity index (χ0n) is 15.1. The lowest BCUT2D eigenvalue weighted by atomic mass is 10.1. The molecule has 0 aliphatic rings. The molecular weight excluding hydrogens is 369 g/mol. The first-order valence-electron chi connectivity index (χ1n) is 8.03. The standard InChI is InChI=1S/C17H21F3N2O5/c1-10(2)21-16(25)22-14(23)11(3)27-15(24)13-6-4-12(5-7-13)8-26-9-17(18,19)20/h4-7,10-11H,8-9H2,1-3H3,(H2,21,22,23,25). The molecule has 0 heterocycles. The molecule has 0 aliphatic heterocycles. The van der Waals surface area contributed by atoms with Crippen LogP contribution in [0.3, 0.4) is 0 Å². The Balaban J connectivity index is 2.51. The predicted molar refractivity (Wildman–Crippen MR) is 88.8 cm³/mol. The van der Waals surface area contributed by atoms with E-state index in [1.165, 1.54) is 31.2 Å². The maximum Gasteiger partial charge on any atom is 0.411 e. The molecule has 1 aromatic rings. The zero-order chi connectivity index (χ0) is 20.6. The number of benzene rings is 1. The quantitative estimate of drug-likeness (QED) is 0.698. The van der Waals surface area contributed by atoms with E-state index in [9.17, 15) is 27.6 Å². The van der Waals surface area contributed by atoms with Gasteiger partial charge >= 0.3 is 18.2 Å². The SMILES string of the molecule is CC(C)NC(=O)NC(=O)C(C)OC(=O)c1ccc(COCC(F)(F)F)cc1. The van der Waals surface area contributed by atoms with Crippen molar-refractivity contribution in [2.45, 2.75) is 45.7 Å². The van der Waals surface area contributed by atoms with Gasteiger partial charge < -0.3 is 14.8 Å². The number of rotatable bonds is 7. The minimum atomic E-state index is -4.41. The Labute approximate surface area is 154 Å². The van der Waals surface area contributed by atoms with Crippen LogP contribution in [0.5, 0.6) is 0 Å². The van der Waals surface area contributed by atoms with Crippen molar-refractivity contribution in [3.63, 3.8) is 0 Å². The molecule has 0 bridgehead atoms. The first-order valence-corrected chi connectivity index (χ1v) is 8.03. The molecule has 1 aromatic carbocycles. The second-order valence-corrected chi connectivity index (χ2v) is 5.97. The van der Waals surface area contributed by atoms with Crippen LogP contribution < -0.4 is 10.6 Å². The summed E-state index contributed by atoms with van der Waals surface area (Å²) in [6, 6.07) is 4.62. The second-order valence-electron chi connectivity index (χ2n) is 5.97. The summed E-state index contributed by atoms with van der Waals surface area (Å²) < 4.78 is 45.5. The highest BCUT2D eigenvalue weighted by Crippen LogP contribution is 2.16. The number of alkyl halides is 3. The number of hydrogen-bond acceptors (Lipinski definition) is 5. The third-order valence-electron chi connectivity index (χ3n) is 3.03. The minimum absolute atomic E-state index is 0.0980.